The SMILES string of the molecule is COc1ccc(NC(=O)COc2ccc(/C=C3\C(=O)NC(=O)N(c4cc(Cl)ccc4C)C3=O)cc2)cc1. The average Bonchev–Trinajstić information content (AvgIpc) is 2.88. The Labute approximate surface area is 217 Å². The molecule has 1 fully saturated rings. The fourth-order valence-corrected chi connectivity index (χ4v) is 3.71. The lowest BCUT2D eigenvalue weighted by Gasteiger charge is -2.27. The number of carbonyl (C=O) groups is 4. The van der Waals surface area contributed by atoms with Crippen LogP contribution in [-0.4, -0.2) is 37.5 Å². The summed E-state index contributed by atoms with van der Waals surface area (Å²) in [6.45, 7) is 1.51. The maximum Gasteiger partial charge on any atom is 0.335 e. The van der Waals surface area contributed by atoms with Crippen molar-refractivity contribution in [2.24, 2.45) is 0 Å². The van der Waals surface area contributed by atoms with Crippen LogP contribution in [0.4, 0.5) is 16.2 Å². The molecule has 3 aromatic carbocycles. The summed E-state index contributed by atoms with van der Waals surface area (Å²) in [5, 5.41) is 5.25. The van der Waals surface area contributed by atoms with Gasteiger partial charge in [0.1, 0.15) is 17.1 Å². The molecule has 188 valence electrons. The molecule has 0 saturated carbocycles. The van der Waals surface area contributed by atoms with Crippen LogP contribution in [0.1, 0.15) is 11.1 Å². The van der Waals surface area contributed by atoms with E-state index in [2.05, 4.69) is 10.6 Å². The van der Waals surface area contributed by atoms with Gasteiger partial charge in [0.2, 0.25) is 0 Å². The summed E-state index contributed by atoms with van der Waals surface area (Å²) in [6, 6.07) is 17.3. The number of aryl methyl sites for hydroxylation is 1. The van der Waals surface area contributed by atoms with E-state index in [1.165, 1.54) is 12.1 Å². The normalized spacial score (nSPS) is 14.4. The van der Waals surface area contributed by atoms with Crippen molar-refractivity contribution in [2.45, 2.75) is 6.92 Å². The van der Waals surface area contributed by atoms with Gasteiger partial charge < -0.3 is 14.8 Å². The number of halogens is 1. The third-order valence-electron chi connectivity index (χ3n) is 5.45. The summed E-state index contributed by atoms with van der Waals surface area (Å²) in [4.78, 5) is 51.0. The fourth-order valence-electron chi connectivity index (χ4n) is 3.55. The first-order chi connectivity index (χ1) is 17.7. The van der Waals surface area contributed by atoms with Gasteiger partial charge in [-0.15, -0.1) is 0 Å². The van der Waals surface area contributed by atoms with E-state index in [4.69, 9.17) is 21.1 Å². The van der Waals surface area contributed by atoms with E-state index in [0.29, 0.717) is 33.3 Å². The number of ether oxygens (including phenoxy) is 2. The van der Waals surface area contributed by atoms with Crippen LogP contribution in [0.25, 0.3) is 6.08 Å². The largest absolute Gasteiger partial charge is 0.497 e. The van der Waals surface area contributed by atoms with Crippen molar-refractivity contribution in [2.75, 3.05) is 23.9 Å². The number of anilines is 2. The second-order valence-corrected chi connectivity index (χ2v) is 8.46. The number of amides is 5. The van der Waals surface area contributed by atoms with Crippen LogP contribution in [0.3, 0.4) is 0 Å². The van der Waals surface area contributed by atoms with Gasteiger partial charge in [0.05, 0.1) is 12.8 Å². The molecule has 1 aliphatic rings. The molecule has 9 nitrogen and oxygen atoms in total. The minimum Gasteiger partial charge on any atom is -0.497 e. The number of imide groups is 2. The molecule has 1 saturated heterocycles. The zero-order chi connectivity index (χ0) is 26.5. The van der Waals surface area contributed by atoms with Gasteiger partial charge in [-0.1, -0.05) is 29.8 Å². The molecule has 0 bridgehead atoms. The summed E-state index contributed by atoms with van der Waals surface area (Å²) in [5.41, 5.74) is 1.83. The molecule has 37 heavy (non-hydrogen) atoms. The Hall–Kier alpha value is -4.63. The number of urea groups is 1. The zero-order valence-electron chi connectivity index (χ0n) is 19.9. The molecule has 0 radical (unpaired) electrons. The van der Waals surface area contributed by atoms with Crippen LogP contribution in [0.2, 0.25) is 5.02 Å². The summed E-state index contributed by atoms with van der Waals surface area (Å²) in [6.07, 6.45) is 1.37. The number of nitrogens with zero attached hydrogens (tertiary/aromatic N) is 1. The number of barbiturate groups is 1. The second kappa shape index (κ2) is 11.0. The van der Waals surface area contributed by atoms with Crippen molar-refractivity contribution in [3.8, 4) is 11.5 Å². The lowest BCUT2D eigenvalue weighted by Crippen LogP contribution is -2.54. The highest BCUT2D eigenvalue weighted by molar-refractivity contribution is 6.39. The number of benzene rings is 3. The van der Waals surface area contributed by atoms with Gasteiger partial charge in [0.15, 0.2) is 6.61 Å². The van der Waals surface area contributed by atoms with Crippen LogP contribution < -0.4 is 25.0 Å². The van der Waals surface area contributed by atoms with Crippen molar-refractivity contribution < 1.29 is 28.7 Å². The number of nitrogens with one attached hydrogen (secondary N) is 2. The Morgan fingerprint density at radius 3 is 2.35 bits per heavy atom. The quantitative estimate of drug-likeness (QED) is 0.354. The summed E-state index contributed by atoms with van der Waals surface area (Å²) in [7, 11) is 1.56. The van der Waals surface area contributed by atoms with Crippen LogP contribution in [0.5, 0.6) is 11.5 Å². The van der Waals surface area contributed by atoms with Gasteiger partial charge in [-0.05, 0) is 72.7 Å². The molecule has 0 aromatic heterocycles. The Kier molecular flexibility index (Phi) is 7.55. The van der Waals surface area contributed by atoms with Crippen molar-refractivity contribution in [1.82, 2.24) is 5.32 Å². The highest BCUT2D eigenvalue weighted by Gasteiger charge is 2.37. The lowest BCUT2D eigenvalue weighted by molar-refractivity contribution is -0.122. The molecule has 2 N–H and O–H groups in total. The lowest BCUT2D eigenvalue weighted by atomic mass is 10.1. The van der Waals surface area contributed by atoms with Gasteiger partial charge >= 0.3 is 6.03 Å². The van der Waals surface area contributed by atoms with Crippen LogP contribution >= 0.6 is 11.6 Å². The minimum absolute atomic E-state index is 0.216. The Morgan fingerprint density at radius 1 is 1.00 bits per heavy atom. The molecular formula is C27H22ClN3O6. The van der Waals surface area contributed by atoms with Crippen molar-refractivity contribution in [1.29, 1.82) is 0 Å². The molecule has 5 amide bonds. The zero-order valence-corrected chi connectivity index (χ0v) is 20.7. The Bertz CT molecular complexity index is 1400. The van der Waals surface area contributed by atoms with E-state index in [-0.39, 0.29) is 23.8 Å². The third-order valence-corrected chi connectivity index (χ3v) is 5.68. The molecule has 0 aliphatic carbocycles. The van der Waals surface area contributed by atoms with Gasteiger partial charge in [0.25, 0.3) is 17.7 Å². The Balaban J connectivity index is 1.43. The summed E-state index contributed by atoms with van der Waals surface area (Å²) < 4.78 is 10.6. The molecule has 10 heteroatoms. The Morgan fingerprint density at radius 2 is 1.68 bits per heavy atom. The van der Waals surface area contributed by atoms with E-state index in [1.54, 1.807) is 74.7 Å². The van der Waals surface area contributed by atoms with Gasteiger partial charge in [0, 0.05) is 10.7 Å². The number of rotatable bonds is 7. The molecular weight excluding hydrogens is 498 g/mol. The topological polar surface area (TPSA) is 114 Å². The first kappa shape index (κ1) is 25.5. The van der Waals surface area contributed by atoms with Gasteiger partial charge in [-0.2, -0.15) is 0 Å². The second-order valence-electron chi connectivity index (χ2n) is 8.02. The standard InChI is InChI=1S/C27H22ClN3O6/c1-16-3-6-18(28)14-23(16)31-26(34)22(25(33)30-27(31)35)13-17-4-9-21(10-5-17)37-15-24(32)29-19-7-11-20(36-2)12-8-19/h3-14H,15H2,1-2H3,(H,29,32)(H,30,33,35)/b22-13+. The van der Waals surface area contributed by atoms with Gasteiger partial charge in [-0.25, -0.2) is 9.69 Å². The van der Waals surface area contributed by atoms with E-state index >= 15 is 0 Å². The maximum atomic E-state index is 13.1. The number of methoxy groups -OCH3 is 1. The third kappa shape index (κ3) is 5.96. The average molecular weight is 520 g/mol. The van der Waals surface area contributed by atoms with E-state index in [1.807, 2.05) is 0 Å². The molecule has 4 rings (SSSR count). The van der Waals surface area contributed by atoms with E-state index in [9.17, 15) is 19.2 Å². The predicted octanol–water partition coefficient (Wildman–Crippen LogP) is 4.34. The highest BCUT2D eigenvalue weighted by atomic mass is 35.5. The van der Waals surface area contributed by atoms with Crippen molar-refractivity contribution >= 4 is 52.8 Å². The highest BCUT2D eigenvalue weighted by Crippen LogP contribution is 2.28. The molecule has 0 unspecified atom stereocenters. The van der Waals surface area contributed by atoms with Crippen LogP contribution in [0, 0.1) is 6.92 Å². The first-order valence-corrected chi connectivity index (χ1v) is 11.5. The molecule has 3 aromatic rings. The molecule has 1 heterocycles. The molecule has 0 spiro atoms. The molecule has 0 atom stereocenters. The number of carbonyl (C=O) groups excluding carboxylic acids is 4. The number of hydrogen-bond donors (Lipinski definition) is 2. The first-order valence-electron chi connectivity index (χ1n) is 11.1. The minimum atomic E-state index is -0.853. The predicted molar refractivity (Wildman–Crippen MR) is 139 cm³/mol. The van der Waals surface area contributed by atoms with E-state index in [0.717, 1.165) is 4.90 Å². The summed E-state index contributed by atoms with van der Waals surface area (Å²) >= 11 is 6.05. The summed E-state index contributed by atoms with van der Waals surface area (Å²) in [5.74, 6) is -0.827. The van der Waals surface area contributed by atoms with Gasteiger partial charge in [-0.3, -0.25) is 19.7 Å². The van der Waals surface area contributed by atoms with Crippen molar-refractivity contribution in [3.63, 3.8) is 0 Å². The monoisotopic (exact) mass is 519 g/mol. The molecule has 1 aliphatic heterocycles. The van der Waals surface area contributed by atoms with E-state index < -0.39 is 17.8 Å². The van der Waals surface area contributed by atoms with Crippen LogP contribution in [-0.2, 0) is 14.4 Å². The van der Waals surface area contributed by atoms with Crippen LogP contribution in [0.15, 0.2) is 72.3 Å². The van der Waals surface area contributed by atoms with Crippen molar-refractivity contribution in [3.05, 3.63) is 88.5 Å². The maximum absolute atomic E-state index is 13.1. The number of hydrogen-bond acceptors (Lipinski definition) is 6. The fraction of sp³-hybridized carbons (Fsp3) is 0.111. The smallest absolute Gasteiger partial charge is 0.335 e.